The smallest absolute Gasteiger partial charge is 0.272 e. The summed E-state index contributed by atoms with van der Waals surface area (Å²) in [6, 6.07) is 6.61. The van der Waals surface area contributed by atoms with Crippen LogP contribution in [-0.4, -0.2) is 31.0 Å². The molecule has 6 heteroatoms. The van der Waals surface area contributed by atoms with Gasteiger partial charge in [-0.2, -0.15) is 0 Å². The lowest BCUT2D eigenvalue weighted by molar-refractivity contribution is -0.385. The van der Waals surface area contributed by atoms with Crippen LogP contribution < -0.4 is 10.6 Å². The molecule has 0 heterocycles. The van der Waals surface area contributed by atoms with Crippen LogP contribution in [0.4, 0.5) is 5.69 Å². The first-order chi connectivity index (χ1) is 8.15. The first-order valence-corrected chi connectivity index (χ1v) is 5.28. The third kappa shape index (κ3) is 4.20. The summed E-state index contributed by atoms with van der Waals surface area (Å²) >= 11 is 0. The highest BCUT2D eigenvalue weighted by Gasteiger charge is 2.11. The Kier molecular flexibility index (Phi) is 5.09. The molecule has 17 heavy (non-hydrogen) atoms. The van der Waals surface area contributed by atoms with Gasteiger partial charge in [-0.3, -0.25) is 14.9 Å². The van der Waals surface area contributed by atoms with Crippen molar-refractivity contribution in [2.24, 2.45) is 0 Å². The van der Waals surface area contributed by atoms with Crippen LogP contribution in [0.1, 0.15) is 5.56 Å². The molecule has 0 aromatic heterocycles. The van der Waals surface area contributed by atoms with Gasteiger partial charge in [0, 0.05) is 18.7 Å². The Morgan fingerprint density at radius 2 is 2.12 bits per heavy atom. The number of hydrogen-bond acceptors (Lipinski definition) is 4. The maximum atomic E-state index is 10.9. The predicted molar refractivity (Wildman–Crippen MR) is 63.7 cm³/mol. The minimum atomic E-state index is -0.395. The Morgan fingerprint density at radius 1 is 1.41 bits per heavy atom. The molecule has 6 nitrogen and oxygen atoms in total. The second kappa shape index (κ2) is 6.59. The summed E-state index contributed by atoms with van der Waals surface area (Å²) in [6.45, 7) is 0.745. The first-order valence-electron chi connectivity index (χ1n) is 5.28. The topological polar surface area (TPSA) is 84.3 Å². The predicted octanol–water partition coefficient (Wildman–Crippen LogP) is 0.473. The van der Waals surface area contributed by atoms with Crippen molar-refractivity contribution in [3.05, 3.63) is 39.9 Å². The molecule has 0 aliphatic rings. The zero-order chi connectivity index (χ0) is 12.7. The van der Waals surface area contributed by atoms with E-state index in [1.165, 1.54) is 6.07 Å². The van der Waals surface area contributed by atoms with Crippen LogP contribution in [-0.2, 0) is 11.2 Å². The van der Waals surface area contributed by atoms with E-state index >= 15 is 0 Å². The van der Waals surface area contributed by atoms with Gasteiger partial charge in [0.15, 0.2) is 0 Å². The molecule has 1 aromatic carbocycles. The summed E-state index contributed by atoms with van der Waals surface area (Å²) in [6.07, 6.45) is 0.522. The van der Waals surface area contributed by atoms with Gasteiger partial charge in [0.05, 0.1) is 11.5 Å². The zero-order valence-electron chi connectivity index (χ0n) is 9.60. The van der Waals surface area contributed by atoms with Crippen LogP contribution >= 0.6 is 0 Å². The number of nitrogens with zero attached hydrogens (tertiary/aromatic N) is 1. The maximum Gasteiger partial charge on any atom is 0.272 e. The molecule has 0 atom stereocenters. The van der Waals surface area contributed by atoms with Crippen LogP contribution in [0.15, 0.2) is 24.3 Å². The minimum absolute atomic E-state index is 0.104. The second-order valence-corrected chi connectivity index (χ2v) is 3.49. The Bertz CT molecular complexity index is 407. The fourth-order valence-corrected chi connectivity index (χ4v) is 1.41. The number of hydrogen-bond donors (Lipinski definition) is 2. The number of carbonyl (C=O) groups excluding carboxylic acids is 1. The quantitative estimate of drug-likeness (QED) is 0.428. The van der Waals surface area contributed by atoms with Crippen LogP contribution in [0.3, 0.4) is 0 Å². The van der Waals surface area contributed by atoms with Crippen molar-refractivity contribution in [2.75, 3.05) is 20.1 Å². The number of benzene rings is 1. The lowest BCUT2D eigenvalue weighted by atomic mass is 10.1. The van der Waals surface area contributed by atoms with E-state index in [1.54, 1.807) is 25.2 Å². The highest BCUT2D eigenvalue weighted by atomic mass is 16.6. The third-order valence-electron chi connectivity index (χ3n) is 2.32. The van der Waals surface area contributed by atoms with Gasteiger partial charge in [0.2, 0.25) is 5.91 Å². The number of nitrogens with one attached hydrogen (secondary N) is 2. The molecule has 0 saturated heterocycles. The van der Waals surface area contributed by atoms with E-state index in [0.717, 1.165) is 0 Å². The van der Waals surface area contributed by atoms with Crippen molar-refractivity contribution in [2.45, 2.75) is 6.42 Å². The average molecular weight is 237 g/mol. The molecule has 0 saturated carbocycles. The second-order valence-electron chi connectivity index (χ2n) is 3.49. The van der Waals surface area contributed by atoms with Gasteiger partial charge in [-0.05, 0) is 13.0 Å². The molecule has 0 aliphatic heterocycles. The molecular weight excluding hydrogens is 222 g/mol. The molecule has 0 radical (unpaired) electrons. The minimum Gasteiger partial charge on any atom is -0.358 e. The van der Waals surface area contributed by atoms with Gasteiger partial charge in [-0.1, -0.05) is 18.2 Å². The largest absolute Gasteiger partial charge is 0.358 e. The SMILES string of the molecule is CNC(=O)CNCCc1ccccc1[N+](=O)[O-]. The van der Waals surface area contributed by atoms with Crippen molar-refractivity contribution in [1.82, 2.24) is 10.6 Å². The molecule has 92 valence electrons. The number of para-hydroxylation sites is 1. The maximum absolute atomic E-state index is 10.9. The Balaban J connectivity index is 2.46. The van der Waals surface area contributed by atoms with Crippen LogP contribution in [0.2, 0.25) is 0 Å². The number of amides is 1. The summed E-state index contributed by atoms with van der Waals surface area (Å²) < 4.78 is 0. The molecule has 0 aliphatic carbocycles. The molecule has 1 aromatic rings. The van der Waals surface area contributed by atoms with E-state index < -0.39 is 4.92 Å². The molecule has 0 fully saturated rings. The number of rotatable bonds is 6. The summed E-state index contributed by atoms with van der Waals surface area (Å²) in [5.41, 5.74) is 0.788. The fraction of sp³-hybridized carbons (Fsp3) is 0.364. The van der Waals surface area contributed by atoms with E-state index in [0.29, 0.717) is 18.5 Å². The summed E-state index contributed by atoms with van der Waals surface area (Å²) in [4.78, 5) is 21.3. The Morgan fingerprint density at radius 3 is 2.76 bits per heavy atom. The van der Waals surface area contributed by atoms with Crippen molar-refractivity contribution < 1.29 is 9.72 Å². The van der Waals surface area contributed by atoms with Gasteiger partial charge < -0.3 is 10.6 Å². The highest BCUT2D eigenvalue weighted by molar-refractivity contribution is 5.77. The van der Waals surface area contributed by atoms with Gasteiger partial charge in [-0.15, -0.1) is 0 Å². The lowest BCUT2D eigenvalue weighted by Crippen LogP contribution is -2.32. The molecule has 0 bridgehead atoms. The van der Waals surface area contributed by atoms with Gasteiger partial charge >= 0.3 is 0 Å². The summed E-state index contributed by atoms with van der Waals surface area (Å²) in [5.74, 6) is -0.104. The van der Waals surface area contributed by atoms with E-state index in [1.807, 2.05) is 0 Å². The average Bonchev–Trinajstić information content (AvgIpc) is 2.34. The van der Waals surface area contributed by atoms with Crippen molar-refractivity contribution in [3.8, 4) is 0 Å². The standard InChI is InChI=1S/C11H15N3O3/c1-12-11(15)8-13-7-6-9-4-2-3-5-10(9)14(16)17/h2-5,13H,6-8H2,1H3,(H,12,15). The van der Waals surface area contributed by atoms with E-state index in [-0.39, 0.29) is 18.1 Å². The monoisotopic (exact) mass is 237 g/mol. The third-order valence-corrected chi connectivity index (χ3v) is 2.32. The van der Waals surface area contributed by atoms with Crippen molar-refractivity contribution in [3.63, 3.8) is 0 Å². The lowest BCUT2D eigenvalue weighted by Gasteiger charge is -2.04. The van der Waals surface area contributed by atoms with Gasteiger partial charge in [-0.25, -0.2) is 0 Å². The number of likely N-dealkylation sites (N-methyl/N-ethyl adjacent to an activating group) is 1. The van der Waals surface area contributed by atoms with E-state index in [9.17, 15) is 14.9 Å². The van der Waals surface area contributed by atoms with Crippen molar-refractivity contribution in [1.29, 1.82) is 0 Å². The van der Waals surface area contributed by atoms with E-state index in [2.05, 4.69) is 10.6 Å². The van der Waals surface area contributed by atoms with Crippen LogP contribution in [0, 0.1) is 10.1 Å². The summed E-state index contributed by atoms with van der Waals surface area (Å²) in [5, 5.41) is 16.1. The molecule has 0 spiro atoms. The zero-order valence-corrected chi connectivity index (χ0v) is 9.60. The molecule has 2 N–H and O–H groups in total. The molecular formula is C11H15N3O3. The highest BCUT2D eigenvalue weighted by Crippen LogP contribution is 2.17. The Hall–Kier alpha value is -1.95. The van der Waals surface area contributed by atoms with Gasteiger partial charge in [0.1, 0.15) is 0 Å². The number of nitro groups is 1. The fourth-order valence-electron chi connectivity index (χ4n) is 1.41. The van der Waals surface area contributed by atoms with Gasteiger partial charge in [0.25, 0.3) is 5.69 Å². The summed E-state index contributed by atoms with van der Waals surface area (Å²) in [7, 11) is 1.56. The van der Waals surface area contributed by atoms with E-state index in [4.69, 9.17) is 0 Å². The number of nitro benzene ring substituents is 1. The van der Waals surface area contributed by atoms with Crippen molar-refractivity contribution >= 4 is 11.6 Å². The molecule has 1 rings (SSSR count). The van der Waals surface area contributed by atoms with Crippen LogP contribution in [0.25, 0.3) is 0 Å². The Labute approximate surface area is 99.2 Å². The normalized spacial score (nSPS) is 9.94. The van der Waals surface area contributed by atoms with Crippen LogP contribution in [0.5, 0.6) is 0 Å². The molecule has 1 amide bonds. The first kappa shape index (κ1) is 13.1. The molecule has 0 unspecified atom stereocenters. The number of carbonyl (C=O) groups is 1.